The van der Waals surface area contributed by atoms with Crippen molar-refractivity contribution in [1.82, 2.24) is 10.2 Å². The van der Waals surface area contributed by atoms with Gasteiger partial charge in [0.05, 0.1) is 17.6 Å². The van der Waals surface area contributed by atoms with E-state index in [9.17, 15) is 15.2 Å². The van der Waals surface area contributed by atoms with E-state index < -0.39 is 4.92 Å². The molecule has 2 N–H and O–H groups in total. The van der Waals surface area contributed by atoms with Gasteiger partial charge in [0.25, 0.3) is 5.69 Å². The van der Waals surface area contributed by atoms with Gasteiger partial charge in [-0.25, -0.2) is 4.99 Å². The molecular formula is C14H20N4O3. The molecule has 2 rings (SSSR count). The first-order valence-electron chi connectivity index (χ1n) is 7.04. The molecule has 1 aliphatic heterocycles. The van der Waals surface area contributed by atoms with Crippen molar-refractivity contribution in [3.8, 4) is 0 Å². The van der Waals surface area contributed by atoms with Gasteiger partial charge in [-0.3, -0.25) is 10.1 Å². The lowest BCUT2D eigenvalue weighted by molar-refractivity contribution is -0.384. The van der Waals surface area contributed by atoms with Crippen LogP contribution in [0.2, 0.25) is 0 Å². The summed E-state index contributed by atoms with van der Waals surface area (Å²) in [5.74, 6) is 0.737. The molecule has 0 unspecified atom stereocenters. The first kappa shape index (κ1) is 15.2. The molecule has 0 bridgehead atoms. The molecule has 114 valence electrons. The van der Waals surface area contributed by atoms with Crippen LogP contribution in [0.25, 0.3) is 0 Å². The average Bonchev–Trinajstić information content (AvgIpc) is 2.90. The van der Waals surface area contributed by atoms with Crippen LogP contribution in [0.15, 0.2) is 29.3 Å². The standard InChI is InChI=1S/C14H20N4O3/c1-2-15-14(17-7-6-13(19)10-17)16-9-11-4-3-5-12(8-11)18(20)21/h3-5,8,13,19H,2,6-7,9-10H2,1H3,(H,15,16)/t13-/m1/s1. The Bertz CT molecular complexity index is 533. The van der Waals surface area contributed by atoms with Gasteiger partial charge >= 0.3 is 0 Å². The highest BCUT2D eigenvalue weighted by Crippen LogP contribution is 2.14. The number of rotatable bonds is 4. The number of nitro groups is 1. The van der Waals surface area contributed by atoms with Gasteiger partial charge in [0.15, 0.2) is 5.96 Å². The number of nitrogens with zero attached hydrogens (tertiary/aromatic N) is 3. The number of aliphatic imine (C=N–C) groups is 1. The number of nitro benzene ring substituents is 1. The predicted octanol–water partition coefficient (Wildman–Crippen LogP) is 1.13. The van der Waals surface area contributed by atoms with Crippen molar-refractivity contribution in [2.75, 3.05) is 19.6 Å². The maximum absolute atomic E-state index is 10.8. The average molecular weight is 292 g/mol. The lowest BCUT2D eigenvalue weighted by atomic mass is 10.2. The third-order valence-corrected chi connectivity index (χ3v) is 3.33. The van der Waals surface area contributed by atoms with Gasteiger partial charge in [-0.15, -0.1) is 0 Å². The molecule has 7 heteroatoms. The van der Waals surface area contributed by atoms with Crippen LogP contribution < -0.4 is 5.32 Å². The van der Waals surface area contributed by atoms with Gasteiger partial charge in [-0.1, -0.05) is 12.1 Å². The van der Waals surface area contributed by atoms with Gasteiger partial charge in [-0.2, -0.15) is 0 Å². The van der Waals surface area contributed by atoms with E-state index in [0.717, 1.165) is 31.0 Å². The number of non-ortho nitro benzene ring substituents is 1. The molecule has 1 aromatic rings. The number of guanidine groups is 1. The zero-order chi connectivity index (χ0) is 15.2. The first-order chi connectivity index (χ1) is 10.1. The molecular weight excluding hydrogens is 272 g/mol. The quantitative estimate of drug-likeness (QED) is 0.376. The molecule has 1 fully saturated rings. The van der Waals surface area contributed by atoms with Crippen molar-refractivity contribution in [1.29, 1.82) is 0 Å². The molecule has 0 radical (unpaired) electrons. The Labute approximate surface area is 123 Å². The third kappa shape index (κ3) is 4.16. The minimum absolute atomic E-state index is 0.0734. The Morgan fingerprint density at radius 3 is 3.05 bits per heavy atom. The second kappa shape index (κ2) is 7.03. The summed E-state index contributed by atoms with van der Waals surface area (Å²) in [6, 6.07) is 6.48. The lowest BCUT2D eigenvalue weighted by Crippen LogP contribution is -2.40. The van der Waals surface area contributed by atoms with Gasteiger partial charge in [0.1, 0.15) is 0 Å². The molecule has 1 aromatic carbocycles. The number of hydrogen-bond donors (Lipinski definition) is 2. The van der Waals surface area contributed by atoms with Crippen LogP contribution >= 0.6 is 0 Å². The Hall–Kier alpha value is -2.15. The molecule has 0 aliphatic carbocycles. The topological polar surface area (TPSA) is 91.0 Å². The van der Waals surface area contributed by atoms with E-state index >= 15 is 0 Å². The lowest BCUT2D eigenvalue weighted by Gasteiger charge is -2.20. The van der Waals surface area contributed by atoms with Gasteiger partial charge < -0.3 is 15.3 Å². The molecule has 0 saturated carbocycles. The van der Waals surface area contributed by atoms with Gasteiger partial charge in [-0.05, 0) is 18.9 Å². The van der Waals surface area contributed by atoms with Crippen LogP contribution in [0.4, 0.5) is 5.69 Å². The number of likely N-dealkylation sites (tertiary alicyclic amines) is 1. The zero-order valence-corrected chi connectivity index (χ0v) is 12.0. The molecule has 7 nitrogen and oxygen atoms in total. The van der Waals surface area contributed by atoms with Crippen molar-refractivity contribution >= 4 is 11.6 Å². The highest BCUT2D eigenvalue weighted by molar-refractivity contribution is 5.80. The molecule has 0 aromatic heterocycles. The molecule has 1 atom stereocenters. The van der Waals surface area contributed by atoms with E-state index in [1.807, 2.05) is 17.9 Å². The summed E-state index contributed by atoms with van der Waals surface area (Å²) in [6.45, 7) is 4.43. The van der Waals surface area contributed by atoms with Crippen LogP contribution in [0, 0.1) is 10.1 Å². The maximum atomic E-state index is 10.8. The Kier molecular flexibility index (Phi) is 5.10. The van der Waals surface area contributed by atoms with E-state index in [4.69, 9.17) is 0 Å². The predicted molar refractivity (Wildman–Crippen MR) is 80.1 cm³/mol. The summed E-state index contributed by atoms with van der Waals surface area (Å²) in [6.07, 6.45) is 0.424. The van der Waals surface area contributed by atoms with Crippen molar-refractivity contribution in [2.45, 2.75) is 26.0 Å². The second-order valence-electron chi connectivity index (χ2n) is 4.99. The zero-order valence-electron chi connectivity index (χ0n) is 12.0. The van der Waals surface area contributed by atoms with Crippen molar-refractivity contribution < 1.29 is 10.0 Å². The summed E-state index contributed by atoms with van der Waals surface area (Å²) >= 11 is 0. The Morgan fingerprint density at radius 1 is 1.62 bits per heavy atom. The van der Waals surface area contributed by atoms with Gasteiger partial charge in [0, 0.05) is 31.8 Å². The summed E-state index contributed by atoms with van der Waals surface area (Å²) in [5, 5.41) is 23.5. The Balaban J connectivity index is 2.08. The maximum Gasteiger partial charge on any atom is 0.269 e. The number of hydrogen-bond acceptors (Lipinski definition) is 4. The highest BCUT2D eigenvalue weighted by Gasteiger charge is 2.22. The SMILES string of the molecule is CCNC(=NCc1cccc([N+](=O)[O-])c1)N1CC[C@@H](O)C1. The minimum Gasteiger partial charge on any atom is -0.391 e. The second-order valence-corrected chi connectivity index (χ2v) is 4.99. The van der Waals surface area contributed by atoms with E-state index in [-0.39, 0.29) is 11.8 Å². The molecule has 1 heterocycles. The summed E-state index contributed by atoms with van der Waals surface area (Å²) in [4.78, 5) is 16.9. The monoisotopic (exact) mass is 292 g/mol. The molecule has 1 saturated heterocycles. The number of β-amino-alcohol motifs (C(OH)–C–C–N with tert-alkyl or cyclic N) is 1. The van der Waals surface area contributed by atoms with Crippen LogP contribution in [0.3, 0.4) is 0 Å². The van der Waals surface area contributed by atoms with Gasteiger partial charge in [0.2, 0.25) is 0 Å². The number of aliphatic hydroxyl groups excluding tert-OH is 1. The smallest absolute Gasteiger partial charge is 0.269 e. The van der Waals surface area contributed by atoms with Crippen molar-refractivity contribution in [3.63, 3.8) is 0 Å². The summed E-state index contributed by atoms with van der Waals surface area (Å²) < 4.78 is 0. The number of aliphatic hydroxyl groups is 1. The van der Waals surface area contributed by atoms with Crippen LogP contribution in [0.1, 0.15) is 18.9 Å². The van der Waals surface area contributed by atoms with Crippen molar-refractivity contribution in [2.24, 2.45) is 4.99 Å². The van der Waals surface area contributed by atoms with Crippen LogP contribution in [0.5, 0.6) is 0 Å². The number of nitrogens with one attached hydrogen (secondary N) is 1. The van der Waals surface area contributed by atoms with E-state index in [1.165, 1.54) is 12.1 Å². The molecule has 0 spiro atoms. The first-order valence-corrected chi connectivity index (χ1v) is 7.04. The summed E-state index contributed by atoms with van der Waals surface area (Å²) in [5.41, 5.74) is 0.864. The summed E-state index contributed by atoms with van der Waals surface area (Å²) in [7, 11) is 0. The fraction of sp³-hybridized carbons (Fsp3) is 0.500. The van der Waals surface area contributed by atoms with E-state index in [1.54, 1.807) is 6.07 Å². The largest absolute Gasteiger partial charge is 0.391 e. The van der Waals surface area contributed by atoms with E-state index in [0.29, 0.717) is 13.1 Å². The highest BCUT2D eigenvalue weighted by atomic mass is 16.6. The number of benzene rings is 1. The van der Waals surface area contributed by atoms with Crippen LogP contribution in [-0.4, -0.2) is 46.6 Å². The third-order valence-electron chi connectivity index (χ3n) is 3.33. The normalized spacial score (nSPS) is 18.9. The minimum atomic E-state index is -0.407. The Morgan fingerprint density at radius 2 is 2.43 bits per heavy atom. The fourth-order valence-electron chi connectivity index (χ4n) is 2.29. The fourth-order valence-corrected chi connectivity index (χ4v) is 2.29. The molecule has 0 amide bonds. The van der Waals surface area contributed by atoms with Crippen LogP contribution in [-0.2, 0) is 6.54 Å². The van der Waals surface area contributed by atoms with Crippen molar-refractivity contribution in [3.05, 3.63) is 39.9 Å². The molecule has 1 aliphatic rings. The molecule has 21 heavy (non-hydrogen) atoms. The van der Waals surface area contributed by atoms with E-state index in [2.05, 4.69) is 10.3 Å².